The minimum atomic E-state index is 0.0379. The molecule has 2 rings (SSSR count). The Labute approximate surface area is 93.1 Å². The van der Waals surface area contributed by atoms with Crippen molar-refractivity contribution in [2.45, 2.75) is 6.42 Å². The van der Waals surface area contributed by atoms with Gasteiger partial charge in [-0.1, -0.05) is 12.1 Å². The molecule has 1 aromatic heterocycles. The van der Waals surface area contributed by atoms with Gasteiger partial charge in [-0.3, -0.25) is 4.79 Å². The second-order valence-corrected chi connectivity index (χ2v) is 3.38. The van der Waals surface area contributed by atoms with E-state index in [4.69, 9.17) is 10.2 Å². The lowest BCUT2D eigenvalue weighted by molar-refractivity contribution is 0.0985. The van der Waals surface area contributed by atoms with E-state index in [1.165, 1.54) is 6.26 Å². The fraction of sp³-hybridized carbons (Fsp3) is 0.167. The monoisotopic (exact) mass is 216 g/mol. The zero-order valence-electron chi connectivity index (χ0n) is 8.72. The SMILES string of the molecule is NCCC(=O)c1cccc(-c2ncco2)c1. The van der Waals surface area contributed by atoms with Crippen LogP contribution in [0.2, 0.25) is 0 Å². The van der Waals surface area contributed by atoms with E-state index in [2.05, 4.69) is 4.98 Å². The lowest BCUT2D eigenvalue weighted by Crippen LogP contribution is -2.08. The molecule has 0 fully saturated rings. The number of hydrogen-bond donors (Lipinski definition) is 1. The summed E-state index contributed by atoms with van der Waals surface area (Å²) in [5, 5.41) is 0. The predicted octanol–water partition coefficient (Wildman–Crippen LogP) is 1.87. The van der Waals surface area contributed by atoms with Crippen LogP contribution in [0, 0.1) is 0 Å². The van der Waals surface area contributed by atoms with E-state index in [0.29, 0.717) is 24.4 Å². The standard InChI is InChI=1S/C12H12N2O2/c13-5-4-11(15)9-2-1-3-10(8-9)12-14-6-7-16-12/h1-3,6-8H,4-5,13H2. The van der Waals surface area contributed by atoms with Crippen LogP contribution in [0.3, 0.4) is 0 Å². The highest BCUT2D eigenvalue weighted by Gasteiger charge is 2.08. The van der Waals surface area contributed by atoms with Crippen LogP contribution < -0.4 is 5.73 Å². The molecule has 0 atom stereocenters. The number of hydrogen-bond acceptors (Lipinski definition) is 4. The smallest absolute Gasteiger partial charge is 0.225 e. The summed E-state index contributed by atoms with van der Waals surface area (Å²) in [6.07, 6.45) is 3.43. The topological polar surface area (TPSA) is 69.1 Å². The fourth-order valence-electron chi connectivity index (χ4n) is 1.47. The lowest BCUT2D eigenvalue weighted by Gasteiger charge is -2.01. The molecule has 0 saturated heterocycles. The number of Topliss-reactive ketones (excluding diaryl/α,β-unsaturated/α-hetero) is 1. The minimum Gasteiger partial charge on any atom is -0.445 e. The van der Waals surface area contributed by atoms with Crippen LogP contribution in [-0.4, -0.2) is 17.3 Å². The van der Waals surface area contributed by atoms with Gasteiger partial charge in [-0.15, -0.1) is 0 Å². The summed E-state index contributed by atoms with van der Waals surface area (Å²) in [7, 11) is 0. The molecule has 16 heavy (non-hydrogen) atoms. The Morgan fingerprint density at radius 3 is 3.00 bits per heavy atom. The number of nitrogens with zero attached hydrogens (tertiary/aromatic N) is 1. The molecular weight excluding hydrogens is 204 g/mol. The molecule has 1 heterocycles. The average Bonchev–Trinajstić information content (AvgIpc) is 2.83. The zero-order valence-corrected chi connectivity index (χ0v) is 8.72. The van der Waals surface area contributed by atoms with Crippen molar-refractivity contribution in [3.63, 3.8) is 0 Å². The first-order chi connectivity index (χ1) is 7.81. The van der Waals surface area contributed by atoms with E-state index in [0.717, 1.165) is 5.56 Å². The van der Waals surface area contributed by atoms with Gasteiger partial charge in [0.1, 0.15) is 6.26 Å². The molecular formula is C12H12N2O2. The van der Waals surface area contributed by atoms with E-state index in [-0.39, 0.29) is 5.78 Å². The van der Waals surface area contributed by atoms with Crippen LogP contribution >= 0.6 is 0 Å². The Morgan fingerprint density at radius 2 is 2.31 bits per heavy atom. The second kappa shape index (κ2) is 4.72. The lowest BCUT2D eigenvalue weighted by atomic mass is 10.1. The molecule has 0 aliphatic heterocycles. The quantitative estimate of drug-likeness (QED) is 0.792. The number of oxazole rings is 1. The van der Waals surface area contributed by atoms with E-state index < -0.39 is 0 Å². The molecule has 4 heteroatoms. The summed E-state index contributed by atoms with van der Waals surface area (Å²) < 4.78 is 5.17. The van der Waals surface area contributed by atoms with Crippen molar-refractivity contribution in [2.24, 2.45) is 5.73 Å². The number of nitrogens with two attached hydrogens (primary N) is 1. The van der Waals surface area contributed by atoms with Crippen LogP contribution in [0.5, 0.6) is 0 Å². The summed E-state index contributed by atoms with van der Waals surface area (Å²) >= 11 is 0. The molecule has 0 spiro atoms. The first-order valence-electron chi connectivity index (χ1n) is 5.04. The molecule has 82 valence electrons. The first-order valence-corrected chi connectivity index (χ1v) is 5.04. The van der Waals surface area contributed by atoms with Crippen molar-refractivity contribution in [3.05, 3.63) is 42.3 Å². The van der Waals surface area contributed by atoms with Crippen molar-refractivity contribution in [3.8, 4) is 11.5 Å². The third-order valence-electron chi connectivity index (χ3n) is 2.24. The van der Waals surface area contributed by atoms with E-state index in [9.17, 15) is 4.79 Å². The highest BCUT2D eigenvalue weighted by Crippen LogP contribution is 2.18. The fourth-order valence-corrected chi connectivity index (χ4v) is 1.47. The maximum absolute atomic E-state index is 11.6. The Bertz CT molecular complexity index is 478. The number of rotatable bonds is 4. The molecule has 2 N–H and O–H groups in total. The van der Waals surface area contributed by atoms with Crippen molar-refractivity contribution >= 4 is 5.78 Å². The number of aromatic nitrogens is 1. The van der Waals surface area contributed by atoms with Gasteiger partial charge >= 0.3 is 0 Å². The molecule has 2 aromatic rings. The highest BCUT2D eigenvalue weighted by atomic mass is 16.3. The second-order valence-electron chi connectivity index (χ2n) is 3.38. The summed E-state index contributed by atoms with van der Waals surface area (Å²) in [4.78, 5) is 15.7. The molecule has 0 aliphatic rings. The summed E-state index contributed by atoms with van der Waals surface area (Å²) in [6.45, 7) is 0.363. The van der Waals surface area contributed by atoms with Gasteiger partial charge in [0.15, 0.2) is 5.78 Å². The van der Waals surface area contributed by atoms with Gasteiger partial charge < -0.3 is 10.2 Å². The molecule has 0 amide bonds. The Balaban J connectivity index is 2.30. The zero-order chi connectivity index (χ0) is 11.4. The van der Waals surface area contributed by atoms with E-state index >= 15 is 0 Å². The maximum atomic E-state index is 11.6. The maximum Gasteiger partial charge on any atom is 0.225 e. The van der Waals surface area contributed by atoms with Crippen LogP contribution in [0.4, 0.5) is 0 Å². The Hall–Kier alpha value is -1.94. The van der Waals surface area contributed by atoms with Gasteiger partial charge in [0, 0.05) is 17.5 Å². The van der Waals surface area contributed by atoms with E-state index in [1.54, 1.807) is 18.3 Å². The van der Waals surface area contributed by atoms with Crippen molar-refractivity contribution in [1.82, 2.24) is 4.98 Å². The number of ketones is 1. The van der Waals surface area contributed by atoms with Crippen LogP contribution in [0.1, 0.15) is 16.8 Å². The van der Waals surface area contributed by atoms with Crippen molar-refractivity contribution in [2.75, 3.05) is 6.54 Å². The largest absolute Gasteiger partial charge is 0.445 e. The van der Waals surface area contributed by atoms with Gasteiger partial charge in [-0.2, -0.15) is 0 Å². The number of carbonyl (C=O) groups excluding carboxylic acids is 1. The van der Waals surface area contributed by atoms with Gasteiger partial charge in [0.25, 0.3) is 0 Å². The normalized spacial score (nSPS) is 10.3. The molecule has 0 aliphatic carbocycles. The molecule has 0 saturated carbocycles. The Morgan fingerprint density at radius 1 is 1.44 bits per heavy atom. The average molecular weight is 216 g/mol. The van der Waals surface area contributed by atoms with Gasteiger partial charge in [-0.25, -0.2) is 4.98 Å². The number of benzene rings is 1. The molecule has 0 unspecified atom stereocenters. The third-order valence-corrected chi connectivity index (χ3v) is 2.24. The first kappa shape index (κ1) is 10.6. The predicted molar refractivity (Wildman–Crippen MR) is 59.9 cm³/mol. The Kier molecular flexibility index (Phi) is 3.12. The van der Waals surface area contributed by atoms with Gasteiger partial charge in [0.05, 0.1) is 6.20 Å². The van der Waals surface area contributed by atoms with Crippen molar-refractivity contribution in [1.29, 1.82) is 0 Å². The highest BCUT2D eigenvalue weighted by molar-refractivity contribution is 5.97. The summed E-state index contributed by atoms with van der Waals surface area (Å²) in [5.74, 6) is 0.554. The van der Waals surface area contributed by atoms with Gasteiger partial charge in [0.2, 0.25) is 5.89 Å². The molecule has 1 aromatic carbocycles. The van der Waals surface area contributed by atoms with E-state index in [1.807, 2.05) is 12.1 Å². The minimum absolute atomic E-state index is 0.0379. The molecule has 0 bridgehead atoms. The van der Waals surface area contributed by atoms with Gasteiger partial charge in [-0.05, 0) is 18.7 Å². The summed E-state index contributed by atoms with van der Waals surface area (Å²) in [6, 6.07) is 7.20. The van der Waals surface area contributed by atoms with Crippen LogP contribution in [0.25, 0.3) is 11.5 Å². The molecule has 4 nitrogen and oxygen atoms in total. The third kappa shape index (κ3) is 2.17. The number of carbonyl (C=O) groups is 1. The van der Waals surface area contributed by atoms with Crippen molar-refractivity contribution < 1.29 is 9.21 Å². The van der Waals surface area contributed by atoms with Crippen LogP contribution in [-0.2, 0) is 0 Å². The molecule has 0 radical (unpaired) electrons. The van der Waals surface area contributed by atoms with Crippen LogP contribution in [0.15, 0.2) is 41.1 Å². The summed E-state index contributed by atoms with van der Waals surface area (Å²) in [5.41, 5.74) is 6.79.